The largest absolute Gasteiger partial charge is 0.485 e. The number of rotatable bonds is 4. The fourth-order valence-electron chi connectivity index (χ4n) is 2.01. The zero-order valence-electron chi connectivity index (χ0n) is 10.0. The van der Waals surface area contributed by atoms with E-state index in [1.165, 1.54) is 25.3 Å². The van der Waals surface area contributed by atoms with E-state index in [9.17, 15) is 9.18 Å². The Morgan fingerprint density at radius 3 is 2.72 bits per heavy atom. The first kappa shape index (κ1) is 13.1. The summed E-state index contributed by atoms with van der Waals surface area (Å²) in [6.07, 6.45) is 2.73. The van der Waals surface area contributed by atoms with Gasteiger partial charge in [0.05, 0.1) is 18.6 Å². The Balaban J connectivity index is 2.12. The SMILES string of the molecule is COC(=O)CC1(Oc2ccc(F)cc2Cl)CCC1. The molecule has 1 saturated carbocycles. The van der Waals surface area contributed by atoms with Gasteiger partial charge in [0.15, 0.2) is 0 Å². The maximum Gasteiger partial charge on any atom is 0.309 e. The lowest BCUT2D eigenvalue weighted by molar-refractivity contribution is -0.148. The molecule has 98 valence electrons. The molecule has 0 heterocycles. The van der Waals surface area contributed by atoms with Crippen LogP contribution >= 0.6 is 11.6 Å². The molecule has 0 N–H and O–H groups in total. The minimum Gasteiger partial charge on any atom is -0.485 e. The van der Waals surface area contributed by atoms with Crippen molar-refractivity contribution < 1.29 is 18.7 Å². The molecule has 0 aromatic heterocycles. The van der Waals surface area contributed by atoms with Crippen molar-refractivity contribution in [1.82, 2.24) is 0 Å². The van der Waals surface area contributed by atoms with Crippen LogP contribution < -0.4 is 4.74 Å². The molecule has 1 aliphatic carbocycles. The molecule has 3 nitrogen and oxygen atoms in total. The Labute approximate surface area is 110 Å². The van der Waals surface area contributed by atoms with Gasteiger partial charge in [0.2, 0.25) is 0 Å². The molecule has 1 aromatic rings. The molecule has 18 heavy (non-hydrogen) atoms. The van der Waals surface area contributed by atoms with E-state index >= 15 is 0 Å². The van der Waals surface area contributed by atoms with Gasteiger partial charge in [-0.1, -0.05) is 11.6 Å². The van der Waals surface area contributed by atoms with Gasteiger partial charge in [-0.3, -0.25) is 4.79 Å². The number of esters is 1. The highest BCUT2D eigenvalue weighted by Gasteiger charge is 2.42. The highest BCUT2D eigenvalue weighted by atomic mass is 35.5. The molecule has 0 amide bonds. The Hall–Kier alpha value is -1.29. The van der Waals surface area contributed by atoms with E-state index in [4.69, 9.17) is 16.3 Å². The third kappa shape index (κ3) is 2.75. The molecule has 0 radical (unpaired) electrons. The van der Waals surface area contributed by atoms with Crippen LogP contribution in [-0.4, -0.2) is 18.7 Å². The predicted octanol–water partition coefficient (Wildman–Crippen LogP) is 3.34. The van der Waals surface area contributed by atoms with E-state index in [2.05, 4.69) is 4.74 Å². The Morgan fingerprint density at radius 2 is 2.22 bits per heavy atom. The highest BCUT2D eigenvalue weighted by Crippen LogP contribution is 2.41. The van der Waals surface area contributed by atoms with Crippen LogP contribution in [0.2, 0.25) is 5.02 Å². The van der Waals surface area contributed by atoms with E-state index in [1.54, 1.807) is 0 Å². The van der Waals surface area contributed by atoms with Crippen molar-refractivity contribution in [1.29, 1.82) is 0 Å². The maximum atomic E-state index is 12.9. The first-order chi connectivity index (χ1) is 8.54. The van der Waals surface area contributed by atoms with Crippen molar-refractivity contribution in [3.05, 3.63) is 29.0 Å². The molecule has 0 aliphatic heterocycles. The van der Waals surface area contributed by atoms with E-state index < -0.39 is 11.4 Å². The monoisotopic (exact) mass is 272 g/mol. The van der Waals surface area contributed by atoms with Crippen molar-refractivity contribution in [3.63, 3.8) is 0 Å². The summed E-state index contributed by atoms with van der Waals surface area (Å²) in [4.78, 5) is 11.4. The second kappa shape index (κ2) is 5.14. The fourth-order valence-corrected chi connectivity index (χ4v) is 2.22. The number of halogens is 2. The predicted molar refractivity (Wildman–Crippen MR) is 65.3 cm³/mol. The number of benzene rings is 1. The number of ether oxygens (including phenoxy) is 2. The van der Waals surface area contributed by atoms with Gasteiger partial charge in [-0.2, -0.15) is 0 Å². The topological polar surface area (TPSA) is 35.5 Å². The van der Waals surface area contributed by atoms with Crippen LogP contribution in [0.5, 0.6) is 5.75 Å². The zero-order valence-corrected chi connectivity index (χ0v) is 10.8. The first-order valence-electron chi connectivity index (χ1n) is 5.75. The molecule has 0 saturated heterocycles. The zero-order chi connectivity index (χ0) is 13.2. The molecule has 0 spiro atoms. The van der Waals surface area contributed by atoms with Gasteiger partial charge in [-0.25, -0.2) is 4.39 Å². The maximum absolute atomic E-state index is 12.9. The molecule has 1 fully saturated rings. The van der Waals surface area contributed by atoms with Gasteiger partial charge >= 0.3 is 5.97 Å². The van der Waals surface area contributed by atoms with Gasteiger partial charge in [0.1, 0.15) is 17.2 Å². The lowest BCUT2D eigenvalue weighted by Crippen LogP contribution is -2.45. The summed E-state index contributed by atoms with van der Waals surface area (Å²) in [5, 5.41) is 0.214. The van der Waals surface area contributed by atoms with Gasteiger partial charge in [0, 0.05) is 0 Å². The minimum atomic E-state index is -0.547. The van der Waals surface area contributed by atoms with Crippen molar-refractivity contribution in [2.24, 2.45) is 0 Å². The van der Waals surface area contributed by atoms with E-state index in [0.29, 0.717) is 5.75 Å². The summed E-state index contributed by atoms with van der Waals surface area (Å²) in [7, 11) is 1.35. The molecule has 0 bridgehead atoms. The van der Waals surface area contributed by atoms with E-state index in [0.717, 1.165) is 19.3 Å². The minimum absolute atomic E-state index is 0.192. The quantitative estimate of drug-likeness (QED) is 0.789. The van der Waals surface area contributed by atoms with Gasteiger partial charge in [-0.15, -0.1) is 0 Å². The molecule has 2 rings (SSSR count). The highest BCUT2D eigenvalue weighted by molar-refractivity contribution is 6.32. The summed E-state index contributed by atoms with van der Waals surface area (Å²) in [6.45, 7) is 0. The summed E-state index contributed by atoms with van der Waals surface area (Å²) in [5.41, 5.74) is -0.547. The number of hydrogen-bond acceptors (Lipinski definition) is 3. The molecule has 1 aliphatic rings. The Bertz CT molecular complexity index is 458. The van der Waals surface area contributed by atoms with Crippen LogP contribution in [0.15, 0.2) is 18.2 Å². The molecule has 5 heteroatoms. The van der Waals surface area contributed by atoms with Crippen molar-refractivity contribution in [3.8, 4) is 5.75 Å². The summed E-state index contributed by atoms with van der Waals surface area (Å²) in [6, 6.07) is 3.96. The molecule has 0 atom stereocenters. The molecule has 1 aromatic carbocycles. The summed E-state index contributed by atoms with van der Waals surface area (Å²) >= 11 is 5.91. The number of methoxy groups -OCH3 is 1. The fraction of sp³-hybridized carbons (Fsp3) is 0.462. The lowest BCUT2D eigenvalue weighted by Gasteiger charge is -2.41. The average molecular weight is 273 g/mol. The molecular weight excluding hydrogens is 259 g/mol. The van der Waals surface area contributed by atoms with Crippen LogP contribution in [0, 0.1) is 5.82 Å². The van der Waals surface area contributed by atoms with Gasteiger partial charge < -0.3 is 9.47 Å². The first-order valence-corrected chi connectivity index (χ1v) is 6.13. The third-order valence-corrected chi connectivity index (χ3v) is 3.47. The van der Waals surface area contributed by atoms with Gasteiger partial charge in [-0.05, 0) is 37.5 Å². The van der Waals surface area contributed by atoms with Crippen LogP contribution in [0.1, 0.15) is 25.7 Å². The number of carbonyl (C=O) groups is 1. The standard InChI is InChI=1S/C13H14ClFO3/c1-17-12(16)8-13(5-2-6-13)18-11-4-3-9(15)7-10(11)14/h3-4,7H,2,5-6,8H2,1H3. The van der Waals surface area contributed by atoms with E-state index in [-0.39, 0.29) is 17.4 Å². The Morgan fingerprint density at radius 1 is 1.50 bits per heavy atom. The Kier molecular flexibility index (Phi) is 3.76. The second-order valence-electron chi connectivity index (χ2n) is 4.47. The smallest absolute Gasteiger partial charge is 0.309 e. The second-order valence-corrected chi connectivity index (χ2v) is 4.87. The normalized spacial score (nSPS) is 16.8. The van der Waals surface area contributed by atoms with Crippen molar-refractivity contribution in [2.75, 3.05) is 7.11 Å². The molecule has 0 unspecified atom stereocenters. The summed E-state index contributed by atoms with van der Waals surface area (Å²) < 4.78 is 23.4. The van der Waals surface area contributed by atoms with Crippen molar-refractivity contribution in [2.45, 2.75) is 31.3 Å². The molecular formula is C13H14ClFO3. The van der Waals surface area contributed by atoms with Gasteiger partial charge in [0.25, 0.3) is 0 Å². The van der Waals surface area contributed by atoms with Crippen LogP contribution in [0.25, 0.3) is 0 Å². The van der Waals surface area contributed by atoms with Crippen LogP contribution in [0.4, 0.5) is 4.39 Å². The van der Waals surface area contributed by atoms with Crippen LogP contribution in [0.3, 0.4) is 0 Å². The summed E-state index contributed by atoms with van der Waals surface area (Å²) in [5.74, 6) is -0.322. The average Bonchev–Trinajstić information content (AvgIpc) is 2.29. The number of carbonyl (C=O) groups excluding carboxylic acids is 1. The lowest BCUT2D eigenvalue weighted by atomic mass is 9.77. The number of hydrogen-bond donors (Lipinski definition) is 0. The van der Waals surface area contributed by atoms with Crippen LogP contribution in [-0.2, 0) is 9.53 Å². The third-order valence-electron chi connectivity index (χ3n) is 3.18. The van der Waals surface area contributed by atoms with Crippen molar-refractivity contribution >= 4 is 17.6 Å². The van der Waals surface area contributed by atoms with E-state index in [1.807, 2.05) is 0 Å².